The quantitative estimate of drug-likeness (QED) is 0.629. The average molecular weight is 293 g/mol. The van der Waals surface area contributed by atoms with E-state index in [0.29, 0.717) is 10.2 Å². The van der Waals surface area contributed by atoms with Gasteiger partial charge in [0.1, 0.15) is 11.3 Å². The number of nitrogens with zero attached hydrogens (tertiary/aromatic N) is 3. The van der Waals surface area contributed by atoms with E-state index < -0.39 is 0 Å². The Morgan fingerprint density at radius 2 is 2.29 bits per heavy atom. The summed E-state index contributed by atoms with van der Waals surface area (Å²) in [4.78, 5) is 11.8. The third-order valence-electron chi connectivity index (χ3n) is 1.28. The molecular formula is C7H3BrClN3OS. The number of aromatic nitrogens is 3. The average Bonchev–Trinajstić information content (AvgIpc) is 2.64. The normalized spacial score (nSPS) is 10.4. The van der Waals surface area contributed by atoms with Crippen molar-refractivity contribution in [2.45, 2.75) is 10.2 Å². The molecule has 0 amide bonds. The summed E-state index contributed by atoms with van der Waals surface area (Å²) in [5, 5.41) is 1.38. The molecule has 0 saturated heterocycles. The fraction of sp³-hybridized carbons (Fsp3) is 0. The fourth-order valence-electron chi connectivity index (χ4n) is 0.746. The van der Waals surface area contributed by atoms with Crippen LogP contribution in [0.3, 0.4) is 0 Å². The number of oxazole rings is 1. The first-order valence-electron chi connectivity index (χ1n) is 3.51. The lowest BCUT2D eigenvalue weighted by Gasteiger charge is -1.98. The summed E-state index contributed by atoms with van der Waals surface area (Å²) < 4.78 is 5.81. The van der Waals surface area contributed by atoms with Crippen LogP contribution in [0.2, 0.25) is 5.28 Å². The highest BCUT2D eigenvalue weighted by atomic mass is 79.9. The van der Waals surface area contributed by atoms with Crippen LogP contribution in [0.25, 0.3) is 0 Å². The second kappa shape index (κ2) is 4.29. The topological polar surface area (TPSA) is 51.8 Å². The van der Waals surface area contributed by atoms with E-state index in [2.05, 4.69) is 30.9 Å². The second-order valence-electron chi connectivity index (χ2n) is 2.19. The van der Waals surface area contributed by atoms with Gasteiger partial charge in [0.2, 0.25) is 5.28 Å². The Bertz CT molecular complexity index is 437. The van der Waals surface area contributed by atoms with Crippen molar-refractivity contribution in [3.63, 3.8) is 0 Å². The Morgan fingerprint density at radius 1 is 1.43 bits per heavy atom. The van der Waals surface area contributed by atoms with E-state index in [4.69, 9.17) is 16.0 Å². The van der Waals surface area contributed by atoms with Gasteiger partial charge in [0.15, 0.2) is 0 Å². The zero-order chi connectivity index (χ0) is 9.97. The van der Waals surface area contributed by atoms with Gasteiger partial charge in [0.05, 0.1) is 10.7 Å². The van der Waals surface area contributed by atoms with E-state index in [9.17, 15) is 0 Å². The van der Waals surface area contributed by atoms with Crippen LogP contribution in [0.15, 0.2) is 37.8 Å². The molecule has 2 aromatic rings. The Labute approximate surface area is 97.2 Å². The molecule has 4 nitrogen and oxygen atoms in total. The van der Waals surface area contributed by atoms with Crippen LogP contribution in [0, 0.1) is 0 Å². The van der Waals surface area contributed by atoms with Crippen molar-refractivity contribution in [1.29, 1.82) is 0 Å². The lowest BCUT2D eigenvalue weighted by molar-refractivity contribution is 0.454. The van der Waals surface area contributed by atoms with Gasteiger partial charge in [-0.25, -0.2) is 15.0 Å². The van der Waals surface area contributed by atoms with Gasteiger partial charge < -0.3 is 4.42 Å². The van der Waals surface area contributed by atoms with E-state index in [1.54, 1.807) is 12.4 Å². The Balaban J connectivity index is 2.28. The van der Waals surface area contributed by atoms with Crippen molar-refractivity contribution in [2.75, 3.05) is 0 Å². The smallest absolute Gasteiger partial charge is 0.261 e. The minimum absolute atomic E-state index is 0.197. The molecule has 2 aromatic heterocycles. The molecule has 0 bridgehead atoms. The molecule has 0 aliphatic carbocycles. The number of hydrogen-bond donors (Lipinski definition) is 0. The SMILES string of the molecule is Clc1ncc(Br)c(Sc2ncco2)n1. The molecule has 2 rings (SSSR count). The first-order valence-corrected chi connectivity index (χ1v) is 5.50. The van der Waals surface area contributed by atoms with Crippen LogP contribution < -0.4 is 0 Å². The Hall–Kier alpha value is -0.590. The summed E-state index contributed by atoms with van der Waals surface area (Å²) in [6, 6.07) is 0. The van der Waals surface area contributed by atoms with E-state index in [-0.39, 0.29) is 5.28 Å². The monoisotopic (exact) mass is 291 g/mol. The summed E-state index contributed by atoms with van der Waals surface area (Å²) >= 11 is 10.2. The van der Waals surface area contributed by atoms with Gasteiger partial charge in [-0.1, -0.05) is 0 Å². The predicted molar refractivity (Wildman–Crippen MR) is 55.4 cm³/mol. The van der Waals surface area contributed by atoms with Crippen molar-refractivity contribution in [1.82, 2.24) is 15.0 Å². The summed E-state index contributed by atoms with van der Waals surface area (Å²) in [5.41, 5.74) is 0. The van der Waals surface area contributed by atoms with Gasteiger partial charge in [-0.2, -0.15) is 0 Å². The van der Waals surface area contributed by atoms with Gasteiger partial charge in [-0.05, 0) is 39.3 Å². The van der Waals surface area contributed by atoms with Crippen molar-refractivity contribution < 1.29 is 4.42 Å². The molecule has 72 valence electrons. The molecule has 0 aliphatic heterocycles. The Kier molecular flexibility index (Phi) is 3.05. The fourth-order valence-corrected chi connectivity index (χ4v) is 2.03. The van der Waals surface area contributed by atoms with Crippen molar-refractivity contribution >= 4 is 39.3 Å². The Morgan fingerprint density at radius 3 is 3.00 bits per heavy atom. The highest BCUT2D eigenvalue weighted by molar-refractivity contribution is 9.10. The lowest BCUT2D eigenvalue weighted by Crippen LogP contribution is -1.86. The van der Waals surface area contributed by atoms with Gasteiger partial charge in [0.25, 0.3) is 5.22 Å². The van der Waals surface area contributed by atoms with E-state index in [1.165, 1.54) is 18.0 Å². The highest BCUT2D eigenvalue weighted by Gasteiger charge is 2.08. The first kappa shape index (κ1) is 9.95. The number of rotatable bonds is 2. The van der Waals surface area contributed by atoms with Crippen molar-refractivity contribution in [2.24, 2.45) is 0 Å². The maximum Gasteiger partial charge on any atom is 0.261 e. The van der Waals surface area contributed by atoms with Gasteiger partial charge in [-0.15, -0.1) is 0 Å². The maximum atomic E-state index is 5.65. The largest absolute Gasteiger partial charge is 0.440 e. The predicted octanol–water partition coefficient (Wildman–Crippen LogP) is 3.03. The molecule has 2 heterocycles. The maximum absolute atomic E-state index is 5.65. The molecule has 0 aromatic carbocycles. The van der Waals surface area contributed by atoms with E-state index in [1.807, 2.05) is 0 Å². The molecular weight excluding hydrogens is 290 g/mol. The molecule has 0 radical (unpaired) electrons. The third-order valence-corrected chi connectivity index (χ3v) is 3.18. The molecule has 7 heteroatoms. The van der Waals surface area contributed by atoms with Crippen LogP contribution >= 0.6 is 39.3 Å². The molecule has 0 N–H and O–H groups in total. The van der Waals surface area contributed by atoms with E-state index in [0.717, 1.165) is 4.47 Å². The summed E-state index contributed by atoms with van der Waals surface area (Å²) in [6.07, 6.45) is 4.65. The standard InChI is InChI=1S/C7H3BrClN3OS/c8-4-3-11-6(9)12-5(4)14-7-10-1-2-13-7/h1-3H. The molecule has 0 fully saturated rings. The van der Waals surface area contributed by atoms with Crippen molar-refractivity contribution in [3.8, 4) is 0 Å². The molecule has 14 heavy (non-hydrogen) atoms. The first-order chi connectivity index (χ1) is 6.75. The van der Waals surface area contributed by atoms with Crippen LogP contribution in [0.5, 0.6) is 0 Å². The van der Waals surface area contributed by atoms with Crippen LogP contribution in [-0.4, -0.2) is 15.0 Å². The highest BCUT2D eigenvalue weighted by Crippen LogP contribution is 2.30. The minimum atomic E-state index is 0.197. The molecule has 0 saturated carbocycles. The molecule has 0 atom stereocenters. The summed E-state index contributed by atoms with van der Waals surface area (Å²) in [7, 11) is 0. The molecule has 0 spiro atoms. The van der Waals surface area contributed by atoms with Gasteiger partial charge in [0, 0.05) is 6.20 Å². The third kappa shape index (κ3) is 2.26. The molecule has 0 aliphatic rings. The van der Waals surface area contributed by atoms with Crippen LogP contribution in [0.4, 0.5) is 0 Å². The van der Waals surface area contributed by atoms with Crippen LogP contribution in [-0.2, 0) is 0 Å². The van der Waals surface area contributed by atoms with E-state index >= 15 is 0 Å². The van der Waals surface area contributed by atoms with Crippen molar-refractivity contribution in [3.05, 3.63) is 28.4 Å². The van der Waals surface area contributed by atoms with Crippen LogP contribution in [0.1, 0.15) is 0 Å². The minimum Gasteiger partial charge on any atom is -0.440 e. The second-order valence-corrected chi connectivity index (χ2v) is 4.32. The summed E-state index contributed by atoms with van der Waals surface area (Å²) in [6.45, 7) is 0. The summed E-state index contributed by atoms with van der Waals surface area (Å²) in [5.74, 6) is 0. The zero-order valence-electron chi connectivity index (χ0n) is 6.65. The molecule has 0 unspecified atom stereocenters. The number of halogens is 2. The number of hydrogen-bond acceptors (Lipinski definition) is 5. The zero-order valence-corrected chi connectivity index (χ0v) is 9.80. The van der Waals surface area contributed by atoms with Gasteiger partial charge in [-0.3, -0.25) is 0 Å². The van der Waals surface area contributed by atoms with Gasteiger partial charge >= 0.3 is 0 Å². The lowest BCUT2D eigenvalue weighted by atomic mass is 10.7.